The van der Waals surface area contributed by atoms with Gasteiger partial charge in [-0.15, -0.1) is 0 Å². The van der Waals surface area contributed by atoms with Crippen LogP contribution in [-0.4, -0.2) is 23.0 Å². The first-order valence-electron chi connectivity index (χ1n) is 4.80. The molecule has 0 saturated heterocycles. The Balaban J connectivity index is 2.18. The Morgan fingerprint density at radius 1 is 1.57 bits per heavy atom. The Hall–Kier alpha value is -0.550. The molecule has 0 aliphatic heterocycles. The zero-order valence-corrected chi connectivity index (χ0v) is 9.96. The molecule has 4 nitrogen and oxygen atoms in total. The summed E-state index contributed by atoms with van der Waals surface area (Å²) in [6.45, 7) is 4.41. The van der Waals surface area contributed by atoms with Crippen LogP contribution in [0.4, 0.5) is 5.82 Å². The number of unbranched alkanes of at least 4 members (excludes halogenated alkanes) is 1. The highest BCUT2D eigenvalue weighted by atomic mass is 79.9. The maximum absolute atomic E-state index is 5.57. The van der Waals surface area contributed by atoms with Crippen LogP contribution >= 0.6 is 15.9 Å². The fourth-order valence-corrected chi connectivity index (χ4v) is 1.35. The van der Waals surface area contributed by atoms with Crippen LogP contribution in [0.25, 0.3) is 0 Å². The summed E-state index contributed by atoms with van der Waals surface area (Å²) in [5, 5.41) is 4.10. The smallest absolute Gasteiger partial charge is 0.159 e. The fourth-order valence-electron chi connectivity index (χ4n) is 1.03. The lowest BCUT2D eigenvalue weighted by atomic mass is 10.4. The van der Waals surface area contributed by atoms with Crippen molar-refractivity contribution >= 4 is 21.7 Å². The van der Waals surface area contributed by atoms with Crippen LogP contribution in [-0.2, 0) is 11.3 Å². The first-order valence-corrected chi connectivity index (χ1v) is 5.59. The van der Waals surface area contributed by atoms with Crippen molar-refractivity contribution in [1.29, 1.82) is 0 Å². The zero-order valence-electron chi connectivity index (χ0n) is 8.37. The number of anilines is 1. The molecular weight excluding hydrogens is 246 g/mol. The number of nitrogens with two attached hydrogens (primary N) is 1. The van der Waals surface area contributed by atoms with E-state index in [1.54, 1.807) is 4.68 Å². The molecule has 0 aliphatic rings. The largest absolute Gasteiger partial charge is 0.381 e. The molecule has 14 heavy (non-hydrogen) atoms. The van der Waals surface area contributed by atoms with Gasteiger partial charge in [0.05, 0.1) is 17.6 Å². The third-order valence-corrected chi connectivity index (χ3v) is 2.46. The lowest BCUT2D eigenvalue weighted by Gasteiger charge is -2.02. The number of rotatable bonds is 6. The molecule has 0 aromatic carbocycles. The second-order valence-corrected chi connectivity index (χ2v) is 3.95. The topological polar surface area (TPSA) is 53.1 Å². The molecule has 5 heteroatoms. The second kappa shape index (κ2) is 6.03. The molecule has 0 spiro atoms. The van der Waals surface area contributed by atoms with E-state index < -0.39 is 0 Å². The monoisotopic (exact) mass is 261 g/mol. The summed E-state index contributed by atoms with van der Waals surface area (Å²) in [5.74, 6) is 0.526. The van der Waals surface area contributed by atoms with E-state index in [9.17, 15) is 0 Å². The van der Waals surface area contributed by atoms with Crippen molar-refractivity contribution in [2.24, 2.45) is 0 Å². The molecule has 1 aromatic heterocycles. The summed E-state index contributed by atoms with van der Waals surface area (Å²) < 4.78 is 8.03. The molecular formula is C9H16BrN3O. The van der Waals surface area contributed by atoms with Crippen LogP contribution in [0.1, 0.15) is 19.8 Å². The number of nitrogens with zero attached hydrogens (tertiary/aromatic N) is 2. The van der Waals surface area contributed by atoms with Crippen LogP contribution in [0, 0.1) is 0 Å². The second-order valence-electron chi connectivity index (χ2n) is 3.09. The number of aromatic nitrogens is 2. The summed E-state index contributed by atoms with van der Waals surface area (Å²) in [5.41, 5.74) is 5.57. The molecule has 1 heterocycles. The molecule has 1 rings (SSSR count). The van der Waals surface area contributed by atoms with E-state index >= 15 is 0 Å². The molecule has 2 N–H and O–H groups in total. The van der Waals surface area contributed by atoms with Crippen molar-refractivity contribution in [3.05, 3.63) is 10.7 Å². The molecule has 0 unspecified atom stereocenters. The van der Waals surface area contributed by atoms with Gasteiger partial charge in [-0.25, -0.2) is 0 Å². The Bertz CT molecular complexity index is 256. The minimum absolute atomic E-state index is 0.526. The highest BCUT2D eigenvalue weighted by molar-refractivity contribution is 9.10. The first-order chi connectivity index (χ1) is 6.74. The van der Waals surface area contributed by atoms with Crippen molar-refractivity contribution in [1.82, 2.24) is 9.78 Å². The van der Waals surface area contributed by atoms with E-state index in [2.05, 4.69) is 28.0 Å². The molecule has 0 fully saturated rings. The minimum Gasteiger partial charge on any atom is -0.381 e. The highest BCUT2D eigenvalue weighted by Gasteiger charge is 2.01. The summed E-state index contributed by atoms with van der Waals surface area (Å²) in [7, 11) is 0. The number of nitrogen functional groups attached to an aromatic ring is 1. The predicted octanol–water partition coefficient (Wildman–Crippen LogP) is 2.04. The maximum atomic E-state index is 5.57. The van der Waals surface area contributed by atoms with E-state index in [0.717, 1.165) is 24.0 Å². The first kappa shape index (κ1) is 11.5. The SMILES string of the molecule is CCCCOCCn1cc(Br)c(N)n1. The Morgan fingerprint density at radius 2 is 2.36 bits per heavy atom. The van der Waals surface area contributed by atoms with E-state index in [4.69, 9.17) is 10.5 Å². The molecule has 0 amide bonds. The van der Waals surface area contributed by atoms with E-state index in [-0.39, 0.29) is 0 Å². The Labute approximate surface area is 92.5 Å². The summed E-state index contributed by atoms with van der Waals surface area (Å²) in [4.78, 5) is 0. The molecule has 0 radical (unpaired) electrons. The molecule has 0 bridgehead atoms. The van der Waals surface area contributed by atoms with Crippen LogP contribution in [0.2, 0.25) is 0 Å². The molecule has 0 aliphatic carbocycles. The highest BCUT2D eigenvalue weighted by Crippen LogP contribution is 2.15. The van der Waals surface area contributed by atoms with Gasteiger partial charge >= 0.3 is 0 Å². The lowest BCUT2D eigenvalue weighted by molar-refractivity contribution is 0.121. The number of ether oxygens (including phenoxy) is 1. The van der Waals surface area contributed by atoms with Gasteiger partial charge in [-0.3, -0.25) is 4.68 Å². The van der Waals surface area contributed by atoms with Crippen molar-refractivity contribution in [3.63, 3.8) is 0 Å². The van der Waals surface area contributed by atoms with Gasteiger partial charge in [0.1, 0.15) is 0 Å². The van der Waals surface area contributed by atoms with Gasteiger partial charge in [-0.05, 0) is 22.4 Å². The van der Waals surface area contributed by atoms with Crippen LogP contribution in [0.3, 0.4) is 0 Å². The minimum atomic E-state index is 0.526. The van der Waals surface area contributed by atoms with Gasteiger partial charge < -0.3 is 10.5 Å². The average molecular weight is 262 g/mol. The number of hydrogen-bond acceptors (Lipinski definition) is 3. The average Bonchev–Trinajstić information content (AvgIpc) is 2.46. The number of halogens is 1. The van der Waals surface area contributed by atoms with E-state index in [1.165, 1.54) is 6.42 Å². The molecule has 0 saturated carbocycles. The van der Waals surface area contributed by atoms with Crippen molar-refractivity contribution < 1.29 is 4.74 Å². The van der Waals surface area contributed by atoms with Crippen LogP contribution < -0.4 is 5.73 Å². The fraction of sp³-hybridized carbons (Fsp3) is 0.667. The quantitative estimate of drug-likeness (QED) is 0.798. The van der Waals surface area contributed by atoms with Gasteiger partial charge in [-0.2, -0.15) is 5.10 Å². The third-order valence-electron chi connectivity index (χ3n) is 1.85. The van der Waals surface area contributed by atoms with Crippen LogP contribution in [0.15, 0.2) is 10.7 Å². The normalized spacial score (nSPS) is 10.7. The van der Waals surface area contributed by atoms with Crippen molar-refractivity contribution in [2.45, 2.75) is 26.3 Å². The van der Waals surface area contributed by atoms with Gasteiger partial charge in [0, 0.05) is 12.8 Å². The van der Waals surface area contributed by atoms with Crippen molar-refractivity contribution in [2.75, 3.05) is 18.9 Å². The Kier molecular flexibility index (Phi) is 4.97. The number of hydrogen-bond donors (Lipinski definition) is 1. The van der Waals surface area contributed by atoms with Gasteiger partial charge in [0.25, 0.3) is 0 Å². The summed E-state index contributed by atoms with van der Waals surface area (Å²) in [6, 6.07) is 0. The molecule has 80 valence electrons. The predicted molar refractivity (Wildman–Crippen MR) is 60.1 cm³/mol. The molecule has 0 atom stereocenters. The van der Waals surface area contributed by atoms with Crippen LogP contribution in [0.5, 0.6) is 0 Å². The van der Waals surface area contributed by atoms with E-state index in [0.29, 0.717) is 12.4 Å². The van der Waals surface area contributed by atoms with Gasteiger partial charge in [-0.1, -0.05) is 13.3 Å². The third kappa shape index (κ3) is 3.67. The van der Waals surface area contributed by atoms with E-state index in [1.807, 2.05) is 6.20 Å². The maximum Gasteiger partial charge on any atom is 0.159 e. The summed E-state index contributed by atoms with van der Waals surface area (Å²) in [6.07, 6.45) is 4.14. The molecule has 1 aromatic rings. The Morgan fingerprint density at radius 3 is 2.93 bits per heavy atom. The zero-order chi connectivity index (χ0) is 10.4. The summed E-state index contributed by atoms with van der Waals surface area (Å²) >= 11 is 3.30. The lowest BCUT2D eigenvalue weighted by Crippen LogP contribution is -2.07. The van der Waals surface area contributed by atoms with Crippen molar-refractivity contribution in [3.8, 4) is 0 Å². The standard InChI is InChI=1S/C9H16BrN3O/c1-2-3-5-14-6-4-13-7-8(10)9(11)12-13/h7H,2-6H2,1H3,(H2,11,12). The van der Waals surface area contributed by atoms with Gasteiger partial charge in [0.15, 0.2) is 5.82 Å². The van der Waals surface area contributed by atoms with Gasteiger partial charge in [0.2, 0.25) is 0 Å².